The third kappa shape index (κ3) is 3.08. The molecule has 0 atom stereocenters. The SMILES string of the molecule is OCC(CO)(CO)NCc1ccc2ccccc2n1. The fraction of sp³-hybridized carbons (Fsp3) is 0.357. The molecule has 1 aromatic heterocycles. The summed E-state index contributed by atoms with van der Waals surface area (Å²) in [5.74, 6) is 0. The number of nitrogens with zero attached hydrogens (tertiary/aromatic N) is 1. The summed E-state index contributed by atoms with van der Waals surface area (Å²) in [5, 5.41) is 31.7. The molecule has 0 spiro atoms. The first-order valence-electron chi connectivity index (χ1n) is 6.15. The van der Waals surface area contributed by atoms with Gasteiger partial charge in [0.05, 0.1) is 36.6 Å². The van der Waals surface area contributed by atoms with Crippen LogP contribution in [0.15, 0.2) is 36.4 Å². The number of aliphatic hydroxyl groups excluding tert-OH is 3. The Hall–Kier alpha value is -1.53. The number of fused-ring (bicyclic) bond motifs is 1. The van der Waals surface area contributed by atoms with Gasteiger partial charge in [-0.05, 0) is 12.1 Å². The van der Waals surface area contributed by atoms with Gasteiger partial charge in [0.1, 0.15) is 0 Å². The van der Waals surface area contributed by atoms with E-state index in [-0.39, 0.29) is 19.8 Å². The lowest BCUT2D eigenvalue weighted by atomic mass is 10.0. The minimum atomic E-state index is -1.08. The van der Waals surface area contributed by atoms with Crippen molar-refractivity contribution >= 4 is 10.9 Å². The molecule has 0 fully saturated rings. The van der Waals surface area contributed by atoms with Crippen LogP contribution in [0, 0.1) is 0 Å². The minimum absolute atomic E-state index is 0.340. The molecule has 0 saturated heterocycles. The minimum Gasteiger partial charge on any atom is -0.394 e. The molecule has 1 aromatic carbocycles. The molecule has 0 bridgehead atoms. The molecule has 1 heterocycles. The summed E-state index contributed by atoms with van der Waals surface area (Å²) in [7, 11) is 0. The van der Waals surface area contributed by atoms with Crippen LogP contribution in [0.4, 0.5) is 0 Å². The molecule has 0 unspecified atom stereocenters. The van der Waals surface area contributed by atoms with Crippen molar-refractivity contribution in [3.63, 3.8) is 0 Å². The number of aromatic nitrogens is 1. The lowest BCUT2D eigenvalue weighted by Gasteiger charge is -2.28. The van der Waals surface area contributed by atoms with Crippen LogP contribution in [0.2, 0.25) is 0 Å². The van der Waals surface area contributed by atoms with Gasteiger partial charge in [-0.3, -0.25) is 10.3 Å². The molecule has 4 N–H and O–H groups in total. The van der Waals surface area contributed by atoms with E-state index >= 15 is 0 Å². The van der Waals surface area contributed by atoms with Gasteiger partial charge in [-0.25, -0.2) is 0 Å². The Kier molecular flexibility index (Phi) is 4.44. The lowest BCUT2D eigenvalue weighted by molar-refractivity contribution is 0.0412. The maximum Gasteiger partial charge on any atom is 0.0884 e. The van der Waals surface area contributed by atoms with Gasteiger partial charge in [-0.2, -0.15) is 0 Å². The zero-order valence-electron chi connectivity index (χ0n) is 10.6. The van der Waals surface area contributed by atoms with Crippen LogP contribution >= 0.6 is 0 Å². The van der Waals surface area contributed by atoms with Gasteiger partial charge in [0, 0.05) is 11.9 Å². The molecule has 19 heavy (non-hydrogen) atoms. The average Bonchev–Trinajstić information content (AvgIpc) is 2.49. The first kappa shape index (κ1) is 13.9. The van der Waals surface area contributed by atoms with Gasteiger partial charge in [-0.15, -0.1) is 0 Å². The Morgan fingerprint density at radius 1 is 0.947 bits per heavy atom. The summed E-state index contributed by atoms with van der Waals surface area (Å²) in [6.45, 7) is -0.652. The van der Waals surface area contributed by atoms with Crippen molar-refractivity contribution in [2.75, 3.05) is 19.8 Å². The maximum absolute atomic E-state index is 9.22. The van der Waals surface area contributed by atoms with E-state index in [2.05, 4.69) is 10.3 Å². The summed E-state index contributed by atoms with van der Waals surface area (Å²) in [4.78, 5) is 4.47. The summed E-state index contributed by atoms with van der Waals surface area (Å²) < 4.78 is 0. The molecule has 2 aromatic rings. The van der Waals surface area contributed by atoms with Crippen LogP contribution in [0.25, 0.3) is 10.9 Å². The molecule has 102 valence electrons. The number of benzene rings is 1. The normalized spacial score (nSPS) is 11.9. The van der Waals surface area contributed by atoms with E-state index in [0.717, 1.165) is 16.6 Å². The largest absolute Gasteiger partial charge is 0.394 e. The first-order chi connectivity index (χ1) is 9.23. The van der Waals surface area contributed by atoms with Crippen LogP contribution < -0.4 is 5.32 Å². The highest BCUT2D eigenvalue weighted by atomic mass is 16.3. The summed E-state index contributed by atoms with van der Waals surface area (Å²) in [5.41, 5.74) is 0.607. The Labute approximate surface area is 111 Å². The molecule has 0 amide bonds. The van der Waals surface area contributed by atoms with E-state index in [1.807, 2.05) is 36.4 Å². The number of pyridine rings is 1. The number of hydrogen-bond acceptors (Lipinski definition) is 5. The van der Waals surface area contributed by atoms with Gasteiger partial charge in [-0.1, -0.05) is 24.3 Å². The monoisotopic (exact) mass is 262 g/mol. The third-order valence-corrected chi connectivity index (χ3v) is 3.21. The van der Waals surface area contributed by atoms with E-state index in [0.29, 0.717) is 6.54 Å². The number of hydrogen-bond donors (Lipinski definition) is 4. The van der Waals surface area contributed by atoms with Gasteiger partial charge >= 0.3 is 0 Å². The highest BCUT2D eigenvalue weighted by Gasteiger charge is 2.27. The lowest BCUT2D eigenvalue weighted by Crippen LogP contribution is -2.54. The number of para-hydroxylation sites is 1. The van der Waals surface area contributed by atoms with Crippen molar-refractivity contribution in [1.82, 2.24) is 10.3 Å². The van der Waals surface area contributed by atoms with E-state index in [1.54, 1.807) is 0 Å². The fourth-order valence-electron chi connectivity index (χ4n) is 1.80. The number of aliphatic hydroxyl groups is 3. The molecule has 0 radical (unpaired) electrons. The van der Waals surface area contributed by atoms with Crippen LogP contribution in [0.3, 0.4) is 0 Å². The zero-order valence-corrected chi connectivity index (χ0v) is 10.6. The van der Waals surface area contributed by atoms with Gasteiger partial charge in [0.2, 0.25) is 0 Å². The summed E-state index contributed by atoms with van der Waals surface area (Å²) >= 11 is 0. The predicted octanol–water partition coefficient (Wildman–Crippen LogP) is 0.0401. The Bertz CT molecular complexity index is 533. The standard InChI is InChI=1S/C14H18N2O3/c17-8-14(9-18,10-19)15-7-12-6-5-11-3-1-2-4-13(11)16-12/h1-6,15,17-19H,7-10H2. The van der Waals surface area contributed by atoms with Crippen molar-refractivity contribution in [3.05, 3.63) is 42.1 Å². The second-order valence-electron chi connectivity index (χ2n) is 4.60. The Balaban J connectivity index is 2.13. The molecular weight excluding hydrogens is 244 g/mol. The topological polar surface area (TPSA) is 85.6 Å². The average molecular weight is 262 g/mol. The second-order valence-corrected chi connectivity index (χ2v) is 4.60. The molecule has 0 saturated carbocycles. The Morgan fingerprint density at radius 2 is 1.63 bits per heavy atom. The molecular formula is C14H18N2O3. The molecule has 0 aliphatic rings. The first-order valence-corrected chi connectivity index (χ1v) is 6.15. The Morgan fingerprint density at radius 3 is 2.32 bits per heavy atom. The van der Waals surface area contributed by atoms with Crippen molar-refractivity contribution in [1.29, 1.82) is 0 Å². The zero-order chi connectivity index (χ0) is 13.7. The molecule has 5 heteroatoms. The van der Waals surface area contributed by atoms with E-state index in [9.17, 15) is 15.3 Å². The van der Waals surface area contributed by atoms with Crippen LogP contribution in [0.1, 0.15) is 5.69 Å². The van der Waals surface area contributed by atoms with Crippen LogP contribution in [-0.4, -0.2) is 45.7 Å². The van der Waals surface area contributed by atoms with Crippen molar-refractivity contribution < 1.29 is 15.3 Å². The van der Waals surface area contributed by atoms with Crippen molar-refractivity contribution in [2.45, 2.75) is 12.1 Å². The van der Waals surface area contributed by atoms with Crippen molar-refractivity contribution in [3.8, 4) is 0 Å². The maximum atomic E-state index is 9.22. The highest BCUT2D eigenvalue weighted by Crippen LogP contribution is 2.12. The smallest absolute Gasteiger partial charge is 0.0884 e. The highest BCUT2D eigenvalue weighted by molar-refractivity contribution is 5.78. The van der Waals surface area contributed by atoms with E-state index in [4.69, 9.17) is 0 Å². The summed E-state index contributed by atoms with van der Waals surface area (Å²) in [6.07, 6.45) is 0. The van der Waals surface area contributed by atoms with Crippen LogP contribution in [-0.2, 0) is 6.54 Å². The quantitative estimate of drug-likeness (QED) is 0.590. The van der Waals surface area contributed by atoms with Gasteiger partial charge < -0.3 is 15.3 Å². The fourth-order valence-corrected chi connectivity index (χ4v) is 1.80. The second kappa shape index (κ2) is 6.08. The molecule has 0 aliphatic carbocycles. The van der Waals surface area contributed by atoms with Gasteiger partial charge in [0.15, 0.2) is 0 Å². The predicted molar refractivity (Wildman–Crippen MR) is 72.6 cm³/mol. The van der Waals surface area contributed by atoms with E-state index in [1.165, 1.54) is 0 Å². The third-order valence-electron chi connectivity index (χ3n) is 3.21. The van der Waals surface area contributed by atoms with Crippen molar-refractivity contribution in [2.24, 2.45) is 0 Å². The summed E-state index contributed by atoms with van der Waals surface area (Å²) in [6, 6.07) is 11.6. The number of nitrogens with one attached hydrogen (secondary N) is 1. The number of rotatable bonds is 6. The van der Waals surface area contributed by atoms with E-state index < -0.39 is 5.54 Å². The molecule has 0 aliphatic heterocycles. The van der Waals surface area contributed by atoms with Crippen LogP contribution in [0.5, 0.6) is 0 Å². The molecule has 2 rings (SSSR count). The van der Waals surface area contributed by atoms with Gasteiger partial charge in [0.25, 0.3) is 0 Å². The molecule has 5 nitrogen and oxygen atoms in total.